The second-order valence-corrected chi connectivity index (χ2v) is 3.81. The lowest BCUT2D eigenvalue weighted by atomic mass is 10.0. The first-order valence-corrected chi connectivity index (χ1v) is 5.67. The molecule has 0 aliphatic heterocycles. The Morgan fingerprint density at radius 1 is 1.07 bits per heavy atom. The number of hydrogen-bond donors (Lipinski definition) is 0. The number of benzene rings is 1. The van der Waals surface area contributed by atoms with Crippen LogP contribution in [0, 0.1) is 6.92 Å². The highest BCUT2D eigenvalue weighted by Gasteiger charge is 2.03. The van der Waals surface area contributed by atoms with E-state index in [1.165, 1.54) is 10.9 Å². The van der Waals surface area contributed by atoms with Crippen molar-refractivity contribution < 1.29 is 4.42 Å². The quantitative estimate of drug-likeness (QED) is 0.644. The third-order valence-corrected chi connectivity index (χ3v) is 2.33. The highest BCUT2D eigenvalue weighted by molar-refractivity contribution is 5.78. The molecule has 0 atom stereocenters. The summed E-state index contributed by atoms with van der Waals surface area (Å²) in [7, 11) is 0. The van der Waals surface area contributed by atoms with Crippen molar-refractivity contribution in [3.8, 4) is 0 Å². The first kappa shape index (κ1) is 11.8. The molecule has 1 nitrogen and oxygen atoms in total. The topological polar surface area (TPSA) is 13.1 Å². The van der Waals surface area contributed by atoms with Crippen LogP contribution >= 0.6 is 0 Å². The molecular formula is C14H20O. The van der Waals surface area contributed by atoms with Gasteiger partial charge < -0.3 is 4.42 Å². The van der Waals surface area contributed by atoms with E-state index in [2.05, 4.69) is 38.1 Å². The molecule has 1 heteroatoms. The van der Waals surface area contributed by atoms with E-state index in [0.717, 1.165) is 11.3 Å². The van der Waals surface area contributed by atoms with Crippen LogP contribution in [0.15, 0.2) is 28.7 Å². The molecule has 0 aliphatic carbocycles. The van der Waals surface area contributed by atoms with Crippen molar-refractivity contribution in [1.82, 2.24) is 0 Å². The molecule has 0 unspecified atom stereocenters. The SMILES string of the molecule is CC.Cc1cc2ccc(C(C)C)cc2o1. The molecule has 0 saturated carbocycles. The highest BCUT2D eigenvalue weighted by Crippen LogP contribution is 2.23. The minimum Gasteiger partial charge on any atom is -0.461 e. The van der Waals surface area contributed by atoms with Crippen LogP contribution in [0.5, 0.6) is 0 Å². The van der Waals surface area contributed by atoms with Gasteiger partial charge in [0, 0.05) is 5.39 Å². The fourth-order valence-corrected chi connectivity index (χ4v) is 1.54. The van der Waals surface area contributed by atoms with Crippen LogP contribution < -0.4 is 0 Å². The summed E-state index contributed by atoms with van der Waals surface area (Å²) in [6.07, 6.45) is 0. The molecule has 1 heterocycles. The number of hydrogen-bond acceptors (Lipinski definition) is 1. The van der Waals surface area contributed by atoms with E-state index in [-0.39, 0.29) is 0 Å². The van der Waals surface area contributed by atoms with Crippen molar-refractivity contribution in [2.24, 2.45) is 0 Å². The lowest BCUT2D eigenvalue weighted by Gasteiger charge is -2.03. The van der Waals surface area contributed by atoms with Gasteiger partial charge in [-0.3, -0.25) is 0 Å². The molecule has 0 bridgehead atoms. The van der Waals surface area contributed by atoms with Crippen LogP contribution in [0.25, 0.3) is 11.0 Å². The average molecular weight is 204 g/mol. The standard InChI is InChI=1S/C12H14O.C2H6/c1-8(2)10-4-5-11-6-9(3)13-12(11)7-10;1-2/h4-8H,1-3H3;1-2H3. The molecular weight excluding hydrogens is 184 g/mol. The zero-order chi connectivity index (χ0) is 11.4. The summed E-state index contributed by atoms with van der Waals surface area (Å²) in [5, 5.41) is 1.20. The van der Waals surface area contributed by atoms with E-state index in [1.807, 2.05) is 20.8 Å². The Morgan fingerprint density at radius 2 is 1.73 bits per heavy atom. The maximum absolute atomic E-state index is 5.56. The summed E-state index contributed by atoms with van der Waals surface area (Å²) >= 11 is 0. The summed E-state index contributed by atoms with van der Waals surface area (Å²) in [5.74, 6) is 1.55. The van der Waals surface area contributed by atoms with E-state index in [9.17, 15) is 0 Å². The van der Waals surface area contributed by atoms with Crippen LogP contribution in [0.1, 0.15) is 44.9 Å². The lowest BCUT2D eigenvalue weighted by Crippen LogP contribution is -1.84. The zero-order valence-corrected chi connectivity index (χ0v) is 10.3. The Bertz CT molecular complexity index is 424. The highest BCUT2D eigenvalue weighted by atomic mass is 16.3. The van der Waals surface area contributed by atoms with Gasteiger partial charge in [0.25, 0.3) is 0 Å². The Kier molecular flexibility index (Phi) is 3.96. The summed E-state index contributed by atoms with van der Waals surface area (Å²) in [6.45, 7) is 10.4. The second kappa shape index (κ2) is 5.01. The van der Waals surface area contributed by atoms with Crippen molar-refractivity contribution in [3.63, 3.8) is 0 Å². The number of rotatable bonds is 1. The normalized spacial score (nSPS) is 10.3. The predicted molar refractivity (Wildman–Crippen MR) is 66.4 cm³/mol. The molecule has 15 heavy (non-hydrogen) atoms. The van der Waals surface area contributed by atoms with Crippen molar-refractivity contribution in [1.29, 1.82) is 0 Å². The Labute approximate surface area is 92.1 Å². The van der Waals surface area contributed by atoms with Gasteiger partial charge in [-0.05, 0) is 30.5 Å². The number of fused-ring (bicyclic) bond motifs is 1. The van der Waals surface area contributed by atoms with Gasteiger partial charge in [-0.15, -0.1) is 0 Å². The number of furan rings is 1. The average Bonchev–Trinajstić information content (AvgIpc) is 2.59. The van der Waals surface area contributed by atoms with Crippen LogP contribution in [-0.2, 0) is 0 Å². The van der Waals surface area contributed by atoms with Crippen molar-refractivity contribution in [2.75, 3.05) is 0 Å². The predicted octanol–water partition coefficient (Wildman–Crippen LogP) is 4.89. The smallest absolute Gasteiger partial charge is 0.134 e. The third-order valence-electron chi connectivity index (χ3n) is 2.33. The molecule has 2 rings (SSSR count). The van der Waals surface area contributed by atoms with Crippen LogP contribution in [0.4, 0.5) is 0 Å². The first-order valence-electron chi connectivity index (χ1n) is 5.67. The summed E-state index contributed by atoms with van der Waals surface area (Å²) < 4.78 is 5.56. The van der Waals surface area contributed by atoms with E-state index < -0.39 is 0 Å². The van der Waals surface area contributed by atoms with Crippen molar-refractivity contribution in [2.45, 2.75) is 40.5 Å². The Morgan fingerprint density at radius 3 is 2.33 bits per heavy atom. The lowest BCUT2D eigenvalue weighted by molar-refractivity contribution is 0.578. The van der Waals surface area contributed by atoms with E-state index in [0.29, 0.717) is 5.92 Å². The van der Waals surface area contributed by atoms with Gasteiger partial charge in [-0.1, -0.05) is 39.8 Å². The largest absolute Gasteiger partial charge is 0.461 e. The van der Waals surface area contributed by atoms with E-state index in [4.69, 9.17) is 4.42 Å². The van der Waals surface area contributed by atoms with Gasteiger partial charge in [-0.2, -0.15) is 0 Å². The Hall–Kier alpha value is -1.24. The molecule has 82 valence electrons. The van der Waals surface area contributed by atoms with Crippen LogP contribution in [0.3, 0.4) is 0 Å². The van der Waals surface area contributed by atoms with Crippen LogP contribution in [0.2, 0.25) is 0 Å². The van der Waals surface area contributed by atoms with Crippen molar-refractivity contribution in [3.05, 3.63) is 35.6 Å². The van der Waals surface area contributed by atoms with Gasteiger partial charge in [0.2, 0.25) is 0 Å². The molecule has 1 aromatic carbocycles. The number of aryl methyl sites for hydroxylation is 1. The van der Waals surface area contributed by atoms with E-state index >= 15 is 0 Å². The molecule has 0 saturated heterocycles. The fourth-order valence-electron chi connectivity index (χ4n) is 1.54. The van der Waals surface area contributed by atoms with E-state index in [1.54, 1.807) is 0 Å². The molecule has 2 aromatic rings. The molecule has 0 N–H and O–H groups in total. The molecule has 0 spiro atoms. The van der Waals surface area contributed by atoms with Crippen LogP contribution in [-0.4, -0.2) is 0 Å². The maximum Gasteiger partial charge on any atom is 0.134 e. The third kappa shape index (κ3) is 2.62. The summed E-state index contributed by atoms with van der Waals surface area (Å²) in [4.78, 5) is 0. The van der Waals surface area contributed by atoms with Gasteiger partial charge in [0.15, 0.2) is 0 Å². The molecule has 1 aromatic heterocycles. The summed E-state index contributed by atoms with van der Waals surface area (Å²) in [6, 6.07) is 8.50. The summed E-state index contributed by atoms with van der Waals surface area (Å²) in [5.41, 5.74) is 2.34. The maximum atomic E-state index is 5.56. The molecule has 0 radical (unpaired) electrons. The minimum absolute atomic E-state index is 0.565. The fraction of sp³-hybridized carbons (Fsp3) is 0.429. The molecule has 0 amide bonds. The van der Waals surface area contributed by atoms with Gasteiger partial charge in [-0.25, -0.2) is 0 Å². The van der Waals surface area contributed by atoms with Gasteiger partial charge in [0.1, 0.15) is 11.3 Å². The molecule has 0 aliphatic rings. The van der Waals surface area contributed by atoms with Crippen molar-refractivity contribution >= 4 is 11.0 Å². The molecule has 0 fully saturated rings. The monoisotopic (exact) mass is 204 g/mol. The minimum atomic E-state index is 0.565. The second-order valence-electron chi connectivity index (χ2n) is 3.81. The zero-order valence-electron chi connectivity index (χ0n) is 10.3. The van der Waals surface area contributed by atoms with Gasteiger partial charge in [0.05, 0.1) is 0 Å². The first-order chi connectivity index (χ1) is 7.16. The van der Waals surface area contributed by atoms with Gasteiger partial charge >= 0.3 is 0 Å². The Balaban J connectivity index is 0.000000531.